The molecule has 4 heteroatoms. The Hall–Kier alpha value is -1.78. The predicted molar refractivity (Wildman–Crippen MR) is 69.7 cm³/mol. The van der Waals surface area contributed by atoms with Gasteiger partial charge in [0.25, 0.3) is 0 Å². The molecule has 0 fully saturated rings. The normalized spacial score (nSPS) is 11.6. The maximum atomic E-state index is 13.0. The molecule has 0 aliphatic heterocycles. The summed E-state index contributed by atoms with van der Waals surface area (Å²) < 4.78 is 25.9. The number of rotatable bonds is 4. The van der Waals surface area contributed by atoms with Crippen LogP contribution in [0.5, 0.6) is 0 Å². The first-order chi connectivity index (χ1) is 9.06. The molecular weight excluding hydrogens is 248 g/mol. The summed E-state index contributed by atoms with van der Waals surface area (Å²) in [5.41, 5.74) is -0.222. The Morgan fingerprint density at radius 3 is 1.58 bits per heavy atom. The largest absolute Gasteiger partial charge is 0.379 e. The molecule has 2 aromatic carbocycles. The third-order valence-corrected chi connectivity index (χ3v) is 3.08. The zero-order valence-corrected chi connectivity index (χ0v) is 10.5. The van der Waals surface area contributed by atoms with Crippen molar-refractivity contribution in [2.45, 2.75) is 5.60 Å². The highest BCUT2D eigenvalue weighted by atomic mass is 19.1. The minimum absolute atomic E-state index is 0.240. The molecule has 0 spiro atoms. The van der Waals surface area contributed by atoms with Crippen molar-refractivity contribution in [3.63, 3.8) is 0 Å². The average Bonchev–Trinajstić information content (AvgIpc) is 2.40. The van der Waals surface area contributed by atoms with Crippen LogP contribution in [-0.2, 0) is 5.60 Å². The molecule has 0 unspecified atom stereocenters. The van der Waals surface area contributed by atoms with E-state index in [1.165, 1.54) is 48.5 Å². The van der Waals surface area contributed by atoms with Crippen LogP contribution < -0.4 is 5.32 Å². The van der Waals surface area contributed by atoms with E-state index in [-0.39, 0.29) is 18.2 Å². The summed E-state index contributed by atoms with van der Waals surface area (Å²) in [5.74, 6) is -0.732. The smallest absolute Gasteiger partial charge is 0.127 e. The molecule has 2 aromatic rings. The van der Waals surface area contributed by atoms with Crippen LogP contribution in [0.3, 0.4) is 0 Å². The molecular formula is C15H15F2NO. The Balaban J connectivity index is 2.47. The number of hydrogen-bond donors (Lipinski definition) is 2. The van der Waals surface area contributed by atoms with E-state index >= 15 is 0 Å². The van der Waals surface area contributed by atoms with Gasteiger partial charge >= 0.3 is 0 Å². The highest BCUT2D eigenvalue weighted by Crippen LogP contribution is 2.29. The quantitative estimate of drug-likeness (QED) is 0.888. The first-order valence-corrected chi connectivity index (χ1v) is 5.95. The molecule has 0 bridgehead atoms. The lowest BCUT2D eigenvalue weighted by molar-refractivity contribution is 0.0821. The Labute approximate surface area is 110 Å². The molecule has 0 radical (unpaired) electrons. The van der Waals surface area contributed by atoms with E-state index in [1.54, 1.807) is 7.05 Å². The molecule has 0 saturated heterocycles. The van der Waals surface area contributed by atoms with E-state index < -0.39 is 5.60 Å². The van der Waals surface area contributed by atoms with Crippen LogP contribution in [0.4, 0.5) is 8.78 Å². The highest BCUT2D eigenvalue weighted by Gasteiger charge is 2.30. The Bertz CT molecular complexity index is 492. The van der Waals surface area contributed by atoms with Gasteiger partial charge in [0.15, 0.2) is 0 Å². The van der Waals surface area contributed by atoms with Crippen molar-refractivity contribution in [3.05, 3.63) is 71.3 Å². The zero-order chi connectivity index (χ0) is 13.9. The average molecular weight is 263 g/mol. The lowest BCUT2D eigenvalue weighted by atomic mass is 9.86. The molecule has 2 N–H and O–H groups in total. The molecule has 0 heterocycles. The van der Waals surface area contributed by atoms with Crippen molar-refractivity contribution in [3.8, 4) is 0 Å². The van der Waals surface area contributed by atoms with Gasteiger partial charge in [0, 0.05) is 6.54 Å². The van der Waals surface area contributed by atoms with E-state index in [0.717, 1.165) is 0 Å². The van der Waals surface area contributed by atoms with Crippen molar-refractivity contribution in [2.75, 3.05) is 13.6 Å². The summed E-state index contributed by atoms with van der Waals surface area (Å²) in [5, 5.41) is 13.7. The number of likely N-dealkylation sites (N-methyl/N-ethyl adjacent to an activating group) is 1. The van der Waals surface area contributed by atoms with Gasteiger partial charge in [0.1, 0.15) is 17.2 Å². The fraction of sp³-hybridized carbons (Fsp3) is 0.200. The van der Waals surface area contributed by atoms with Crippen molar-refractivity contribution in [1.82, 2.24) is 5.32 Å². The van der Waals surface area contributed by atoms with Crippen LogP contribution in [0.15, 0.2) is 48.5 Å². The first-order valence-electron chi connectivity index (χ1n) is 5.95. The molecule has 0 atom stereocenters. The summed E-state index contributed by atoms with van der Waals surface area (Å²) in [6.07, 6.45) is 0. The highest BCUT2D eigenvalue weighted by molar-refractivity contribution is 5.36. The van der Waals surface area contributed by atoms with Crippen LogP contribution >= 0.6 is 0 Å². The van der Waals surface area contributed by atoms with Gasteiger partial charge in [0.05, 0.1) is 0 Å². The second-order valence-electron chi connectivity index (χ2n) is 4.40. The standard InChI is InChI=1S/C15H15F2NO/c1-18-10-15(19,11-2-6-13(16)7-3-11)12-4-8-14(17)9-5-12/h2-9,18-19H,10H2,1H3. The molecule has 0 amide bonds. The Morgan fingerprint density at radius 2 is 1.26 bits per heavy atom. The van der Waals surface area contributed by atoms with Crippen LogP contribution in [0.25, 0.3) is 0 Å². The second kappa shape index (κ2) is 5.47. The van der Waals surface area contributed by atoms with Crippen molar-refractivity contribution < 1.29 is 13.9 Å². The van der Waals surface area contributed by atoms with Gasteiger partial charge in [0.2, 0.25) is 0 Å². The number of aliphatic hydroxyl groups is 1. The SMILES string of the molecule is CNCC(O)(c1ccc(F)cc1)c1ccc(F)cc1. The van der Waals surface area contributed by atoms with Gasteiger partial charge in [-0.15, -0.1) is 0 Å². The fourth-order valence-corrected chi connectivity index (χ4v) is 2.08. The predicted octanol–water partition coefficient (Wildman–Crippen LogP) is 2.42. The van der Waals surface area contributed by atoms with Gasteiger partial charge in [-0.2, -0.15) is 0 Å². The third kappa shape index (κ3) is 2.80. The summed E-state index contributed by atoms with van der Waals surface area (Å²) >= 11 is 0. The third-order valence-electron chi connectivity index (χ3n) is 3.08. The van der Waals surface area contributed by atoms with E-state index in [0.29, 0.717) is 11.1 Å². The number of benzene rings is 2. The second-order valence-corrected chi connectivity index (χ2v) is 4.40. The molecule has 0 saturated carbocycles. The minimum Gasteiger partial charge on any atom is -0.379 e. The lowest BCUT2D eigenvalue weighted by Gasteiger charge is -2.29. The van der Waals surface area contributed by atoms with Gasteiger partial charge in [-0.25, -0.2) is 8.78 Å². The van der Waals surface area contributed by atoms with Crippen LogP contribution in [0, 0.1) is 11.6 Å². The molecule has 2 nitrogen and oxygen atoms in total. The van der Waals surface area contributed by atoms with Crippen molar-refractivity contribution in [1.29, 1.82) is 0 Å². The number of nitrogens with one attached hydrogen (secondary N) is 1. The Morgan fingerprint density at radius 1 is 0.895 bits per heavy atom. The van der Waals surface area contributed by atoms with E-state index in [2.05, 4.69) is 5.32 Å². The van der Waals surface area contributed by atoms with Crippen LogP contribution in [0.2, 0.25) is 0 Å². The van der Waals surface area contributed by atoms with E-state index in [4.69, 9.17) is 0 Å². The maximum absolute atomic E-state index is 13.0. The van der Waals surface area contributed by atoms with Crippen LogP contribution in [-0.4, -0.2) is 18.7 Å². The monoisotopic (exact) mass is 263 g/mol. The molecule has 100 valence electrons. The fourth-order valence-electron chi connectivity index (χ4n) is 2.08. The maximum Gasteiger partial charge on any atom is 0.127 e. The van der Waals surface area contributed by atoms with E-state index in [9.17, 15) is 13.9 Å². The van der Waals surface area contributed by atoms with E-state index in [1.807, 2.05) is 0 Å². The van der Waals surface area contributed by atoms with Gasteiger partial charge in [-0.3, -0.25) is 0 Å². The summed E-state index contributed by atoms with van der Waals surface area (Å²) in [6.45, 7) is 0.240. The van der Waals surface area contributed by atoms with Crippen molar-refractivity contribution >= 4 is 0 Å². The number of halogens is 2. The summed E-state index contributed by atoms with van der Waals surface area (Å²) in [7, 11) is 1.71. The number of hydrogen-bond acceptors (Lipinski definition) is 2. The zero-order valence-electron chi connectivity index (χ0n) is 10.5. The topological polar surface area (TPSA) is 32.3 Å². The summed E-state index contributed by atoms with van der Waals surface area (Å²) in [4.78, 5) is 0. The molecule has 0 aromatic heterocycles. The molecule has 0 aliphatic carbocycles. The molecule has 19 heavy (non-hydrogen) atoms. The van der Waals surface area contributed by atoms with Gasteiger partial charge < -0.3 is 10.4 Å². The molecule has 0 aliphatic rings. The lowest BCUT2D eigenvalue weighted by Crippen LogP contribution is -2.37. The van der Waals surface area contributed by atoms with Crippen molar-refractivity contribution in [2.24, 2.45) is 0 Å². The summed E-state index contributed by atoms with van der Waals surface area (Å²) in [6, 6.07) is 11.3. The van der Waals surface area contributed by atoms with Gasteiger partial charge in [-0.05, 0) is 42.4 Å². The first kappa shape index (κ1) is 13.6. The Kier molecular flexibility index (Phi) is 3.93. The van der Waals surface area contributed by atoms with Gasteiger partial charge in [-0.1, -0.05) is 24.3 Å². The van der Waals surface area contributed by atoms with Crippen LogP contribution in [0.1, 0.15) is 11.1 Å². The molecule has 2 rings (SSSR count). The minimum atomic E-state index is -1.32.